The Morgan fingerprint density at radius 1 is 1.18 bits per heavy atom. The Balaban J connectivity index is 2.17. The molecule has 1 aliphatic rings. The van der Waals surface area contributed by atoms with Gasteiger partial charge in [0.1, 0.15) is 11.6 Å². The number of carbonyl (C=O) groups excluding carboxylic acids is 1. The van der Waals surface area contributed by atoms with Gasteiger partial charge < -0.3 is 10.1 Å². The second-order valence-electron chi connectivity index (χ2n) is 9.40. The number of halogens is 2. The minimum absolute atomic E-state index is 0.0245. The predicted octanol–water partition coefficient (Wildman–Crippen LogP) is 9.07. The Labute approximate surface area is 232 Å². The summed E-state index contributed by atoms with van der Waals surface area (Å²) in [6.45, 7) is 16.8. The lowest BCUT2D eigenvalue weighted by Crippen LogP contribution is -2.27. The molecule has 1 N–H and O–H groups in total. The van der Waals surface area contributed by atoms with Gasteiger partial charge in [-0.1, -0.05) is 44.7 Å². The van der Waals surface area contributed by atoms with Crippen LogP contribution in [0.25, 0.3) is 0 Å². The first kappa shape index (κ1) is 31.4. The SMILES string of the molecule is C=C(Nc1ccc(C(C)=O)c(CC)c1)/C(C)=N/C=C(\C)C1=C(F)C(F)C(OC(/C=C\C=C/C)=C(/C)CC)C=C1. The molecule has 0 saturated carbocycles. The Hall–Kier alpha value is -3.80. The Kier molecular flexibility index (Phi) is 12.1. The van der Waals surface area contributed by atoms with Gasteiger partial charge in [0.25, 0.3) is 0 Å². The lowest BCUT2D eigenvalue weighted by atomic mass is 9.97. The number of nitrogens with one attached hydrogen (secondary N) is 1. The number of Topliss-reactive ketones (excluding diaryl/α,β-unsaturated/α-hetero) is 1. The summed E-state index contributed by atoms with van der Waals surface area (Å²) < 4.78 is 36.1. The normalized spacial score (nSPS) is 19.1. The molecule has 4 nitrogen and oxygen atoms in total. The zero-order valence-electron chi connectivity index (χ0n) is 24.1. The van der Waals surface area contributed by atoms with Gasteiger partial charge in [0, 0.05) is 23.0 Å². The van der Waals surface area contributed by atoms with Crippen molar-refractivity contribution in [1.29, 1.82) is 0 Å². The summed E-state index contributed by atoms with van der Waals surface area (Å²) in [5.74, 6) is -0.328. The van der Waals surface area contributed by atoms with Gasteiger partial charge in [-0.05, 0) is 94.5 Å². The fourth-order valence-electron chi connectivity index (χ4n) is 3.85. The molecule has 0 aliphatic heterocycles. The van der Waals surface area contributed by atoms with Crippen molar-refractivity contribution >= 4 is 17.2 Å². The van der Waals surface area contributed by atoms with Gasteiger partial charge in [0.2, 0.25) is 0 Å². The highest BCUT2D eigenvalue weighted by Crippen LogP contribution is 2.31. The van der Waals surface area contributed by atoms with Crippen molar-refractivity contribution in [3.05, 3.63) is 113 Å². The average molecular weight is 535 g/mol. The minimum atomic E-state index is -1.93. The van der Waals surface area contributed by atoms with E-state index in [1.807, 2.05) is 58.1 Å². The fraction of sp³-hybridized carbons (Fsp3) is 0.333. The molecule has 0 amide bonds. The third kappa shape index (κ3) is 8.60. The maximum Gasteiger partial charge on any atom is 0.192 e. The van der Waals surface area contributed by atoms with Gasteiger partial charge in [-0.3, -0.25) is 9.79 Å². The number of hydrogen-bond acceptors (Lipinski definition) is 4. The van der Waals surface area contributed by atoms with Crippen LogP contribution in [0.15, 0.2) is 106 Å². The zero-order valence-corrected chi connectivity index (χ0v) is 24.1. The topological polar surface area (TPSA) is 50.7 Å². The third-order valence-electron chi connectivity index (χ3n) is 6.48. The van der Waals surface area contributed by atoms with Crippen molar-refractivity contribution in [2.24, 2.45) is 4.99 Å². The van der Waals surface area contributed by atoms with Gasteiger partial charge in [0.15, 0.2) is 18.1 Å². The molecule has 1 aromatic carbocycles. The summed E-state index contributed by atoms with van der Waals surface area (Å²) in [5, 5.41) is 3.20. The Bertz CT molecular complexity index is 1290. The number of aryl methyl sites for hydroxylation is 1. The van der Waals surface area contributed by atoms with Gasteiger partial charge in [-0.15, -0.1) is 0 Å². The number of carbonyl (C=O) groups is 1. The summed E-state index contributed by atoms with van der Waals surface area (Å²) in [6.07, 6.45) is 10.3. The molecule has 2 rings (SSSR count). The van der Waals surface area contributed by atoms with Crippen LogP contribution in [-0.4, -0.2) is 23.8 Å². The van der Waals surface area contributed by atoms with Crippen LogP contribution in [-0.2, 0) is 11.2 Å². The highest BCUT2D eigenvalue weighted by Gasteiger charge is 2.31. The van der Waals surface area contributed by atoms with Gasteiger partial charge in [-0.2, -0.15) is 0 Å². The molecule has 2 atom stereocenters. The quantitative estimate of drug-likeness (QED) is 0.126. The van der Waals surface area contributed by atoms with E-state index < -0.39 is 18.1 Å². The molecule has 6 heteroatoms. The maximum absolute atomic E-state index is 15.1. The van der Waals surface area contributed by atoms with E-state index in [2.05, 4.69) is 16.9 Å². The van der Waals surface area contributed by atoms with Crippen molar-refractivity contribution in [2.75, 3.05) is 5.32 Å². The number of alkyl halides is 1. The summed E-state index contributed by atoms with van der Waals surface area (Å²) >= 11 is 0. The molecule has 39 heavy (non-hydrogen) atoms. The second kappa shape index (κ2) is 15.0. The number of aliphatic imine (C=N–C) groups is 1. The van der Waals surface area contributed by atoms with Crippen LogP contribution in [0.2, 0.25) is 0 Å². The molecule has 0 radical (unpaired) electrons. The number of anilines is 1. The van der Waals surface area contributed by atoms with E-state index in [4.69, 9.17) is 4.74 Å². The number of benzene rings is 1. The van der Waals surface area contributed by atoms with E-state index in [0.29, 0.717) is 28.3 Å². The summed E-state index contributed by atoms with van der Waals surface area (Å²) in [7, 11) is 0. The van der Waals surface area contributed by atoms with E-state index in [1.165, 1.54) is 12.3 Å². The number of rotatable bonds is 12. The van der Waals surface area contributed by atoms with Crippen LogP contribution in [0, 0.1) is 0 Å². The van der Waals surface area contributed by atoms with Crippen LogP contribution < -0.4 is 5.32 Å². The standard InChI is InChI=1S/C33H40F2N2O2/c1-9-12-13-14-30(21(4)10-2)39-31-18-17-28(32(34)33(31)35)22(5)20-36-23(6)24(7)37-27-15-16-29(25(8)38)26(11-3)19-27/h9,12-20,31,33,37H,7,10-11H2,1-6,8H3/b12-9-,14-13-,22-20+,30-21-,36-23+. The molecule has 0 bridgehead atoms. The van der Waals surface area contributed by atoms with Crippen molar-refractivity contribution in [1.82, 2.24) is 0 Å². The fourth-order valence-corrected chi connectivity index (χ4v) is 3.85. The van der Waals surface area contributed by atoms with E-state index in [9.17, 15) is 4.79 Å². The summed E-state index contributed by atoms with van der Waals surface area (Å²) in [6, 6.07) is 5.53. The maximum atomic E-state index is 15.1. The molecule has 0 heterocycles. The number of ketones is 1. The lowest BCUT2D eigenvalue weighted by molar-refractivity contribution is 0.0847. The second-order valence-corrected chi connectivity index (χ2v) is 9.40. The number of hydrogen-bond donors (Lipinski definition) is 1. The first-order valence-electron chi connectivity index (χ1n) is 13.2. The van der Waals surface area contributed by atoms with Crippen LogP contribution in [0.4, 0.5) is 14.5 Å². The first-order chi connectivity index (χ1) is 18.5. The molecule has 2 unspecified atom stereocenters. The van der Waals surface area contributed by atoms with Crippen molar-refractivity contribution in [3.63, 3.8) is 0 Å². The number of ether oxygens (including phenoxy) is 1. The Morgan fingerprint density at radius 3 is 2.51 bits per heavy atom. The van der Waals surface area contributed by atoms with Gasteiger partial charge in [-0.25, -0.2) is 8.78 Å². The smallest absolute Gasteiger partial charge is 0.192 e. The molecule has 1 aromatic rings. The highest BCUT2D eigenvalue weighted by atomic mass is 19.2. The van der Waals surface area contributed by atoms with Crippen LogP contribution in [0.5, 0.6) is 0 Å². The zero-order chi connectivity index (χ0) is 29.1. The summed E-state index contributed by atoms with van der Waals surface area (Å²) in [4.78, 5) is 16.2. The van der Waals surface area contributed by atoms with Crippen molar-refractivity contribution in [2.45, 2.75) is 73.6 Å². The van der Waals surface area contributed by atoms with E-state index in [0.717, 1.165) is 29.7 Å². The number of allylic oxidation sites excluding steroid dienone is 9. The van der Waals surface area contributed by atoms with Crippen LogP contribution in [0.1, 0.15) is 70.8 Å². The van der Waals surface area contributed by atoms with Crippen molar-refractivity contribution in [3.8, 4) is 0 Å². The Morgan fingerprint density at radius 2 is 1.90 bits per heavy atom. The van der Waals surface area contributed by atoms with Crippen LogP contribution >= 0.6 is 0 Å². The van der Waals surface area contributed by atoms with E-state index >= 15 is 8.78 Å². The number of nitrogens with zero attached hydrogens (tertiary/aromatic N) is 1. The first-order valence-corrected chi connectivity index (χ1v) is 13.2. The van der Waals surface area contributed by atoms with E-state index in [1.54, 1.807) is 39.0 Å². The van der Waals surface area contributed by atoms with Gasteiger partial charge >= 0.3 is 0 Å². The third-order valence-corrected chi connectivity index (χ3v) is 6.48. The largest absolute Gasteiger partial charge is 0.483 e. The molecule has 0 saturated heterocycles. The molecular formula is C33H40F2N2O2. The minimum Gasteiger partial charge on any atom is -0.483 e. The molecule has 0 spiro atoms. The molecule has 0 fully saturated rings. The van der Waals surface area contributed by atoms with Crippen LogP contribution in [0.3, 0.4) is 0 Å². The molecule has 0 aromatic heterocycles. The molecule has 208 valence electrons. The molecule has 1 aliphatic carbocycles. The monoisotopic (exact) mass is 534 g/mol. The molecular weight excluding hydrogens is 494 g/mol. The average Bonchev–Trinajstić information content (AvgIpc) is 2.92. The van der Waals surface area contributed by atoms with E-state index in [-0.39, 0.29) is 11.4 Å². The predicted molar refractivity (Wildman–Crippen MR) is 159 cm³/mol. The summed E-state index contributed by atoms with van der Waals surface area (Å²) in [5.41, 5.74) is 5.14. The van der Waals surface area contributed by atoms with Crippen molar-refractivity contribution < 1.29 is 18.3 Å². The van der Waals surface area contributed by atoms with Gasteiger partial charge in [0.05, 0.1) is 11.4 Å². The highest BCUT2D eigenvalue weighted by molar-refractivity contribution is 6.01. The lowest BCUT2D eigenvalue weighted by Gasteiger charge is -2.25.